The summed E-state index contributed by atoms with van der Waals surface area (Å²) in [5.41, 5.74) is 0. The van der Waals surface area contributed by atoms with E-state index in [-0.39, 0.29) is 0 Å². The summed E-state index contributed by atoms with van der Waals surface area (Å²) >= 11 is 0. The predicted molar refractivity (Wildman–Crippen MR) is 48.4 cm³/mol. The third-order valence-electron chi connectivity index (χ3n) is 2.43. The molecule has 1 aliphatic rings. The molecule has 0 bridgehead atoms. The molecule has 2 N–H and O–H groups in total. The first-order chi connectivity index (χ1) is 6.24. The molecule has 13 heavy (non-hydrogen) atoms. The van der Waals surface area contributed by atoms with Gasteiger partial charge in [-0.3, -0.25) is 0 Å². The van der Waals surface area contributed by atoms with Crippen LogP contribution in [-0.4, -0.2) is 43.7 Å². The van der Waals surface area contributed by atoms with E-state index in [2.05, 4.69) is 12.2 Å². The first-order valence-electron chi connectivity index (χ1n) is 4.79. The number of aliphatic hydroxyl groups is 1. The molecule has 1 rings (SSSR count). The average molecular weight is 191 g/mol. The molecule has 1 saturated heterocycles. The lowest BCUT2D eigenvalue weighted by atomic mass is 9.98. The highest BCUT2D eigenvalue weighted by Crippen LogP contribution is 2.13. The van der Waals surface area contributed by atoms with Crippen LogP contribution in [-0.2, 0) is 4.74 Å². The number of alkyl halides is 1. The molecular weight excluding hydrogens is 173 g/mol. The van der Waals surface area contributed by atoms with E-state index >= 15 is 0 Å². The van der Waals surface area contributed by atoms with Crippen LogP contribution >= 0.6 is 0 Å². The van der Waals surface area contributed by atoms with Gasteiger partial charge in [0.25, 0.3) is 0 Å². The van der Waals surface area contributed by atoms with Crippen LogP contribution < -0.4 is 5.32 Å². The van der Waals surface area contributed by atoms with Gasteiger partial charge in [-0.05, 0) is 12.3 Å². The van der Waals surface area contributed by atoms with Gasteiger partial charge in [0, 0.05) is 19.2 Å². The van der Waals surface area contributed by atoms with Crippen molar-refractivity contribution in [2.45, 2.75) is 25.5 Å². The van der Waals surface area contributed by atoms with Crippen LogP contribution in [0.1, 0.15) is 13.3 Å². The second-order valence-corrected chi connectivity index (χ2v) is 3.66. The molecule has 3 nitrogen and oxygen atoms in total. The Kier molecular flexibility index (Phi) is 4.62. The maximum Gasteiger partial charge on any atom is 0.117 e. The van der Waals surface area contributed by atoms with E-state index in [0.717, 1.165) is 19.6 Å². The van der Waals surface area contributed by atoms with Crippen molar-refractivity contribution >= 4 is 0 Å². The largest absolute Gasteiger partial charge is 0.389 e. The highest BCUT2D eigenvalue weighted by atomic mass is 19.1. The van der Waals surface area contributed by atoms with E-state index in [1.165, 1.54) is 0 Å². The van der Waals surface area contributed by atoms with Gasteiger partial charge < -0.3 is 15.2 Å². The van der Waals surface area contributed by atoms with Crippen LogP contribution in [0.2, 0.25) is 0 Å². The lowest BCUT2D eigenvalue weighted by molar-refractivity contribution is 0.0336. The topological polar surface area (TPSA) is 41.5 Å². The molecule has 0 aromatic carbocycles. The highest BCUT2D eigenvalue weighted by Gasteiger charge is 2.21. The number of ether oxygens (including phenoxy) is 1. The number of aliphatic hydroxyl groups excluding tert-OH is 1. The number of rotatable bonds is 4. The van der Waals surface area contributed by atoms with Gasteiger partial charge in [-0.15, -0.1) is 0 Å². The summed E-state index contributed by atoms with van der Waals surface area (Å²) in [4.78, 5) is 0. The third kappa shape index (κ3) is 3.58. The van der Waals surface area contributed by atoms with Gasteiger partial charge in [0.1, 0.15) is 6.67 Å². The van der Waals surface area contributed by atoms with E-state index < -0.39 is 12.8 Å². The predicted octanol–water partition coefficient (Wildman–Crippen LogP) is 0.331. The zero-order chi connectivity index (χ0) is 9.68. The standard InChI is InChI=1S/C9H18FNO2/c1-7-6-13-3-2-9(7)11-5-8(12)4-10/h7-9,11-12H,2-6H2,1H3. The summed E-state index contributed by atoms with van der Waals surface area (Å²) in [6.45, 7) is 3.27. The molecule has 1 aliphatic heterocycles. The zero-order valence-corrected chi connectivity index (χ0v) is 8.00. The van der Waals surface area contributed by atoms with Crippen molar-refractivity contribution in [3.8, 4) is 0 Å². The van der Waals surface area contributed by atoms with Crippen LogP contribution in [0, 0.1) is 5.92 Å². The van der Waals surface area contributed by atoms with Gasteiger partial charge in [-0.1, -0.05) is 6.92 Å². The summed E-state index contributed by atoms with van der Waals surface area (Å²) < 4.78 is 17.2. The monoisotopic (exact) mass is 191 g/mol. The first kappa shape index (κ1) is 10.9. The molecule has 78 valence electrons. The smallest absolute Gasteiger partial charge is 0.117 e. The SMILES string of the molecule is CC1COCCC1NCC(O)CF. The molecule has 3 unspecified atom stereocenters. The van der Waals surface area contributed by atoms with Gasteiger partial charge in [0.2, 0.25) is 0 Å². The molecule has 0 amide bonds. The van der Waals surface area contributed by atoms with Crippen molar-refractivity contribution in [1.29, 1.82) is 0 Å². The molecule has 4 heteroatoms. The maximum atomic E-state index is 11.9. The summed E-state index contributed by atoms with van der Waals surface area (Å²) in [5.74, 6) is 0.445. The van der Waals surface area contributed by atoms with Gasteiger partial charge in [-0.25, -0.2) is 4.39 Å². The fourth-order valence-electron chi connectivity index (χ4n) is 1.53. The van der Waals surface area contributed by atoms with Crippen molar-refractivity contribution in [3.05, 3.63) is 0 Å². The summed E-state index contributed by atoms with van der Waals surface area (Å²) in [6.07, 6.45) is 0.0789. The fraction of sp³-hybridized carbons (Fsp3) is 1.00. The lowest BCUT2D eigenvalue weighted by Gasteiger charge is -2.30. The van der Waals surface area contributed by atoms with Crippen LogP contribution in [0.3, 0.4) is 0 Å². The van der Waals surface area contributed by atoms with Gasteiger partial charge in [0.15, 0.2) is 0 Å². The molecule has 0 radical (unpaired) electrons. The highest BCUT2D eigenvalue weighted by molar-refractivity contribution is 4.77. The molecule has 0 aromatic rings. The molecule has 3 atom stereocenters. The van der Waals surface area contributed by atoms with Crippen LogP contribution in [0.15, 0.2) is 0 Å². The summed E-state index contributed by atoms with van der Waals surface area (Å²) in [5, 5.41) is 12.2. The molecule has 0 aliphatic carbocycles. The third-order valence-corrected chi connectivity index (χ3v) is 2.43. The minimum absolute atomic E-state index is 0.339. The Morgan fingerprint density at radius 2 is 2.46 bits per heavy atom. The normalized spacial score (nSPS) is 31.6. The summed E-state index contributed by atoms with van der Waals surface area (Å²) in [7, 11) is 0. The number of hydrogen-bond acceptors (Lipinski definition) is 3. The molecule has 1 fully saturated rings. The van der Waals surface area contributed by atoms with Crippen molar-refractivity contribution in [2.75, 3.05) is 26.4 Å². The van der Waals surface area contributed by atoms with Crippen LogP contribution in [0.25, 0.3) is 0 Å². The summed E-state index contributed by atoms with van der Waals surface area (Å²) in [6, 6.07) is 0.356. The van der Waals surface area contributed by atoms with Crippen molar-refractivity contribution < 1.29 is 14.2 Å². The van der Waals surface area contributed by atoms with E-state index in [1.807, 2.05) is 0 Å². The molecule has 1 heterocycles. The average Bonchev–Trinajstić information content (AvgIpc) is 2.16. The van der Waals surface area contributed by atoms with Crippen molar-refractivity contribution in [1.82, 2.24) is 5.32 Å². The molecule has 0 spiro atoms. The minimum Gasteiger partial charge on any atom is -0.389 e. The first-order valence-corrected chi connectivity index (χ1v) is 4.79. The van der Waals surface area contributed by atoms with Crippen molar-refractivity contribution in [3.63, 3.8) is 0 Å². The van der Waals surface area contributed by atoms with E-state index in [0.29, 0.717) is 18.5 Å². The number of hydrogen-bond donors (Lipinski definition) is 2. The quantitative estimate of drug-likeness (QED) is 0.673. The number of nitrogens with one attached hydrogen (secondary N) is 1. The van der Waals surface area contributed by atoms with E-state index in [1.54, 1.807) is 0 Å². The number of halogens is 1. The minimum atomic E-state index is -0.866. The van der Waals surface area contributed by atoms with Gasteiger partial charge >= 0.3 is 0 Å². The Balaban J connectivity index is 2.18. The molecular formula is C9H18FNO2. The van der Waals surface area contributed by atoms with Crippen LogP contribution in [0.4, 0.5) is 4.39 Å². The Morgan fingerprint density at radius 1 is 1.69 bits per heavy atom. The second kappa shape index (κ2) is 5.52. The molecule has 0 aromatic heterocycles. The van der Waals surface area contributed by atoms with Crippen molar-refractivity contribution in [2.24, 2.45) is 5.92 Å². The van der Waals surface area contributed by atoms with E-state index in [4.69, 9.17) is 9.84 Å². The zero-order valence-electron chi connectivity index (χ0n) is 8.00. The van der Waals surface area contributed by atoms with Gasteiger partial charge in [0.05, 0.1) is 12.7 Å². The van der Waals surface area contributed by atoms with E-state index in [9.17, 15) is 4.39 Å². The fourth-order valence-corrected chi connectivity index (χ4v) is 1.53. The Morgan fingerprint density at radius 3 is 3.08 bits per heavy atom. The van der Waals surface area contributed by atoms with Crippen LogP contribution in [0.5, 0.6) is 0 Å². The Bertz CT molecular complexity index is 146. The Hall–Kier alpha value is -0.190. The Labute approximate surface area is 78.3 Å². The lowest BCUT2D eigenvalue weighted by Crippen LogP contribution is -2.44. The van der Waals surface area contributed by atoms with Gasteiger partial charge in [-0.2, -0.15) is 0 Å². The maximum absolute atomic E-state index is 11.9. The second-order valence-electron chi connectivity index (χ2n) is 3.66. The molecule has 0 saturated carbocycles.